The van der Waals surface area contributed by atoms with Crippen molar-refractivity contribution in [3.8, 4) is 0 Å². The molecule has 0 saturated heterocycles. The zero-order valence-electron chi connectivity index (χ0n) is 11.0. The van der Waals surface area contributed by atoms with Gasteiger partial charge >= 0.3 is 0 Å². The van der Waals surface area contributed by atoms with Gasteiger partial charge in [-0.3, -0.25) is 16.3 Å². The second-order valence-corrected chi connectivity index (χ2v) is 5.66. The molecule has 0 aliphatic heterocycles. The maximum absolute atomic E-state index is 13.1. The van der Waals surface area contributed by atoms with Crippen molar-refractivity contribution in [1.82, 2.24) is 10.4 Å². The minimum atomic E-state index is -0.328. The molecule has 1 heterocycles. The van der Waals surface area contributed by atoms with E-state index in [0.717, 1.165) is 12.0 Å². The Morgan fingerprint density at radius 1 is 1.41 bits per heavy atom. The van der Waals surface area contributed by atoms with Crippen LogP contribution in [0, 0.1) is 17.2 Å². The van der Waals surface area contributed by atoms with Crippen LogP contribution in [0.25, 0.3) is 0 Å². The van der Waals surface area contributed by atoms with Crippen LogP contribution in [-0.4, -0.2) is 4.98 Å². The standard InChI is InChI=1S/C13H22FN3/c1-9(13(2,3)4)5-12(17-15)10-6-11(14)8-16-7-10/h6-9,12,17H,5,15H2,1-4H3. The molecule has 96 valence electrons. The maximum atomic E-state index is 13.1. The van der Waals surface area contributed by atoms with Crippen molar-refractivity contribution in [3.05, 3.63) is 29.8 Å². The zero-order valence-corrected chi connectivity index (χ0v) is 11.0. The van der Waals surface area contributed by atoms with Crippen molar-refractivity contribution in [3.63, 3.8) is 0 Å². The average molecular weight is 239 g/mol. The lowest BCUT2D eigenvalue weighted by molar-refractivity contribution is 0.223. The lowest BCUT2D eigenvalue weighted by Crippen LogP contribution is -2.32. The Morgan fingerprint density at radius 2 is 2.06 bits per heavy atom. The van der Waals surface area contributed by atoms with E-state index >= 15 is 0 Å². The minimum absolute atomic E-state index is 0.0626. The lowest BCUT2D eigenvalue weighted by atomic mass is 9.78. The van der Waals surface area contributed by atoms with Gasteiger partial charge in [0.1, 0.15) is 5.82 Å². The highest BCUT2D eigenvalue weighted by molar-refractivity contribution is 5.15. The van der Waals surface area contributed by atoms with Gasteiger partial charge in [-0.05, 0) is 29.4 Å². The molecule has 0 aromatic carbocycles. The zero-order chi connectivity index (χ0) is 13.1. The van der Waals surface area contributed by atoms with E-state index in [4.69, 9.17) is 5.84 Å². The fourth-order valence-corrected chi connectivity index (χ4v) is 1.63. The van der Waals surface area contributed by atoms with Gasteiger partial charge < -0.3 is 0 Å². The number of rotatable bonds is 4. The van der Waals surface area contributed by atoms with Gasteiger partial charge in [-0.2, -0.15) is 0 Å². The molecule has 0 amide bonds. The first-order chi connectivity index (χ1) is 7.84. The Kier molecular flexibility index (Phi) is 4.60. The third-order valence-electron chi connectivity index (χ3n) is 3.40. The SMILES string of the molecule is CC(CC(NN)c1cncc(F)c1)C(C)(C)C. The summed E-state index contributed by atoms with van der Waals surface area (Å²) < 4.78 is 13.1. The van der Waals surface area contributed by atoms with Gasteiger partial charge in [0.05, 0.1) is 6.20 Å². The number of pyridine rings is 1. The number of nitrogens with zero attached hydrogens (tertiary/aromatic N) is 1. The number of aromatic nitrogens is 1. The molecule has 1 aromatic heterocycles. The molecule has 3 nitrogen and oxygen atoms in total. The molecule has 1 aromatic rings. The fraction of sp³-hybridized carbons (Fsp3) is 0.615. The van der Waals surface area contributed by atoms with Crippen molar-refractivity contribution in [1.29, 1.82) is 0 Å². The van der Waals surface area contributed by atoms with Crippen LogP contribution in [0.1, 0.15) is 45.7 Å². The quantitative estimate of drug-likeness (QED) is 0.627. The van der Waals surface area contributed by atoms with Crippen molar-refractivity contribution in [2.45, 2.75) is 40.2 Å². The summed E-state index contributed by atoms with van der Waals surface area (Å²) in [4.78, 5) is 3.85. The highest BCUT2D eigenvalue weighted by Crippen LogP contribution is 2.32. The van der Waals surface area contributed by atoms with Crippen molar-refractivity contribution >= 4 is 0 Å². The van der Waals surface area contributed by atoms with E-state index in [1.54, 1.807) is 6.20 Å². The van der Waals surface area contributed by atoms with Crippen LogP contribution in [-0.2, 0) is 0 Å². The summed E-state index contributed by atoms with van der Waals surface area (Å²) in [6.45, 7) is 8.75. The Balaban J connectivity index is 2.79. The molecule has 4 heteroatoms. The molecule has 17 heavy (non-hydrogen) atoms. The molecule has 0 aliphatic rings. The molecule has 1 rings (SSSR count). The molecular formula is C13H22FN3. The summed E-state index contributed by atoms with van der Waals surface area (Å²) in [6.07, 6.45) is 3.71. The van der Waals surface area contributed by atoms with Crippen molar-refractivity contribution in [2.24, 2.45) is 17.2 Å². The largest absolute Gasteiger partial charge is 0.271 e. The molecule has 0 radical (unpaired) electrons. The van der Waals surface area contributed by atoms with Crippen LogP contribution in [0.5, 0.6) is 0 Å². The third-order valence-corrected chi connectivity index (χ3v) is 3.40. The summed E-state index contributed by atoms with van der Waals surface area (Å²) in [7, 11) is 0. The minimum Gasteiger partial charge on any atom is -0.271 e. The molecule has 0 spiro atoms. The molecule has 3 N–H and O–H groups in total. The summed E-state index contributed by atoms with van der Waals surface area (Å²) in [5.74, 6) is 5.68. The predicted molar refractivity (Wildman–Crippen MR) is 67.5 cm³/mol. The van der Waals surface area contributed by atoms with Gasteiger partial charge in [0.15, 0.2) is 0 Å². The number of halogens is 1. The van der Waals surface area contributed by atoms with Crippen LogP contribution in [0.4, 0.5) is 4.39 Å². The highest BCUT2D eigenvalue weighted by Gasteiger charge is 2.24. The first-order valence-corrected chi connectivity index (χ1v) is 5.91. The van der Waals surface area contributed by atoms with E-state index in [1.165, 1.54) is 12.3 Å². The average Bonchev–Trinajstić information content (AvgIpc) is 2.24. The highest BCUT2D eigenvalue weighted by atomic mass is 19.1. The number of hydrogen-bond acceptors (Lipinski definition) is 3. The number of nitrogens with one attached hydrogen (secondary N) is 1. The van der Waals surface area contributed by atoms with E-state index < -0.39 is 0 Å². The van der Waals surface area contributed by atoms with Gasteiger partial charge in [-0.1, -0.05) is 27.7 Å². The second kappa shape index (κ2) is 5.56. The topological polar surface area (TPSA) is 50.9 Å². The van der Waals surface area contributed by atoms with Crippen LogP contribution >= 0.6 is 0 Å². The Bertz CT molecular complexity index is 360. The summed E-state index contributed by atoms with van der Waals surface area (Å²) in [6, 6.07) is 1.42. The number of nitrogens with two attached hydrogens (primary N) is 1. The van der Waals surface area contributed by atoms with Gasteiger partial charge in [0, 0.05) is 12.2 Å². The lowest BCUT2D eigenvalue weighted by Gasteiger charge is -2.30. The summed E-state index contributed by atoms with van der Waals surface area (Å²) >= 11 is 0. The van der Waals surface area contributed by atoms with Gasteiger partial charge in [0.2, 0.25) is 0 Å². The predicted octanol–water partition coefficient (Wildman–Crippen LogP) is 2.80. The van der Waals surface area contributed by atoms with Crippen LogP contribution in [0.15, 0.2) is 18.5 Å². The molecule has 2 unspecified atom stereocenters. The smallest absolute Gasteiger partial charge is 0.141 e. The first-order valence-electron chi connectivity index (χ1n) is 5.91. The van der Waals surface area contributed by atoms with Crippen molar-refractivity contribution < 1.29 is 4.39 Å². The van der Waals surface area contributed by atoms with Gasteiger partial charge in [-0.25, -0.2) is 4.39 Å². The summed E-state index contributed by atoms with van der Waals surface area (Å²) in [5.41, 5.74) is 3.74. The number of hydrogen-bond donors (Lipinski definition) is 2. The first kappa shape index (κ1) is 14.1. The van der Waals surface area contributed by atoms with Crippen LogP contribution in [0.3, 0.4) is 0 Å². The Hall–Kier alpha value is -1.00. The molecule has 2 atom stereocenters. The third kappa shape index (κ3) is 4.06. The van der Waals surface area contributed by atoms with E-state index in [-0.39, 0.29) is 17.3 Å². The maximum Gasteiger partial charge on any atom is 0.141 e. The molecular weight excluding hydrogens is 217 g/mol. The summed E-state index contributed by atoms with van der Waals surface area (Å²) in [5, 5.41) is 0. The van der Waals surface area contributed by atoms with Crippen LogP contribution in [0.2, 0.25) is 0 Å². The van der Waals surface area contributed by atoms with Gasteiger partial charge in [-0.15, -0.1) is 0 Å². The van der Waals surface area contributed by atoms with Gasteiger partial charge in [0.25, 0.3) is 0 Å². The van der Waals surface area contributed by atoms with E-state index in [9.17, 15) is 4.39 Å². The fourth-order valence-electron chi connectivity index (χ4n) is 1.63. The molecule has 0 bridgehead atoms. The number of hydrazine groups is 1. The molecule has 0 saturated carbocycles. The van der Waals surface area contributed by atoms with E-state index in [1.807, 2.05) is 0 Å². The normalized spacial score (nSPS) is 15.6. The van der Waals surface area contributed by atoms with Crippen molar-refractivity contribution in [2.75, 3.05) is 0 Å². The molecule has 0 aliphatic carbocycles. The second-order valence-electron chi connectivity index (χ2n) is 5.66. The molecule has 0 fully saturated rings. The van der Waals surface area contributed by atoms with E-state index in [0.29, 0.717) is 5.92 Å². The monoisotopic (exact) mass is 239 g/mol. The Morgan fingerprint density at radius 3 is 2.53 bits per heavy atom. The Labute approximate surface area is 103 Å². The van der Waals surface area contributed by atoms with Crippen LogP contribution < -0.4 is 11.3 Å². The van der Waals surface area contributed by atoms with E-state index in [2.05, 4.69) is 38.1 Å².